The van der Waals surface area contributed by atoms with Crippen LogP contribution in [0, 0.1) is 0 Å². The Morgan fingerprint density at radius 3 is 2.66 bits per heavy atom. The molecule has 0 aliphatic heterocycles. The highest BCUT2D eigenvalue weighted by molar-refractivity contribution is 7.98. The molecule has 0 saturated carbocycles. The molecule has 3 aromatic rings. The number of thiazole rings is 1. The number of aromatic nitrogens is 1. The molecule has 0 fully saturated rings. The van der Waals surface area contributed by atoms with Crippen molar-refractivity contribution in [1.82, 2.24) is 4.98 Å². The van der Waals surface area contributed by atoms with Crippen LogP contribution in [0.2, 0.25) is 0 Å². The van der Waals surface area contributed by atoms with Crippen LogP contribution in [0.15, 0.2) is 47.4 Å². The summed E-state index contributed by atoms with van der Waals surface area (Å²) >= 11 is 3.22. The molecule has 1 heterocycles. The summed E-state index contributed by atoms with van der Waals surface area (Å²) in [5.41, 5.74) is 1.55. The van der Waals surface area contributed by atoms with Crippen LogP contribution in [0.1, 0.15) is 34.3 Å². The number of hydrogen-bond acceptors (Lipinski definition) is 7. The van der Waals surface area contributed by atoms with Crippen molar-refractivity contribution in [2.45, 2.75) is 37.2 Å². The smallest absolute Gasteiger partial charge is 0.257 e. The van der Waals surface area contributed by atoms with E-state index in [1.807, 2.05) is 37.4 Å². The zero-order chi connectivity index (χ0) is 22.5. The highest BCUT2D eigenvalue weighted by Crippen LogP contribution is 2.32. The number of benzene rings is 2. The molecule has 1 aliphatic carbocycles. The van der Waals surface area contributed by atoms with Gasteiger partial charge in [-0.1, -0.05) is 0 Å². The fourth-order valence-electron chi connectivity index (χ4n) is 3.52. The maximum absolute atomic E-state index is 13.0. The molecule has 1 aromatic heterocycles. The Labute approximate surface area is 196 Å². The van der Waals surface area contributed by atoms with E-state index < -0.39 is 0 Å². The summed E-state index contributed by atoms with van der Waals surface area (Å²) in [6.07, 6.45) is 5.01. The summed E-state index contributed by atoms with van der Waals surface area (Å²) in [6, 6.07) is 13.0. The summed E-state index contributed by atoms with van der Waals surface area (Å²) in [7, 11) is 1.63. The van der Waals surface area contributed by atoms with Crippen molar-refractivity contribution in [3.8, 4) is 17.2 Å². The molecule has 0 bridgehead atoms. The molecule has 0 saturated heterocycles. The maximum Gasteiger partial charge on any atom is 0.257 e. The number of methoxy groups -OCH3 is 1. The van der Waals surface area contributed by atoms with E-state index in [1.54, 1.807) is 48.4 Å². The maximum atomic E-state index is 13.0. The van der Waals surface area contributed by atoms with Crippen molar-refractivity contribution in [1.29, 1.82) is 0 Å². The number of carbonyl (C=O) groups excluding carboxylic acids is 1. The number of carbonyl (C=O) groups is 1. The molecule has 8 heteroatoms. The molecule has 2 aromatic carbocycles. The van der Waals surface area contributed by atoms with Gasteiger partial charge in [-0.2, -0.15) is 0 Å². The number of aryl methyl sites for hydroxylation is 2. The molecule has 4 rings (SSSR count). The normalized spacial score (nSPS) is 13.5. The first-order valence-electron chi connectivity index (χ1n) is 10.5. The lowest BCUT2D eigenvalue weighted by atomic mass is 10.2. The van der Waals surface area contributed by atoms with Gasteiger partial charge < -0.3 is 14.2 Å². The van der Waals surface area contributed by atoms with Crippen LogP contribution in [-0.4, -0.2) is 37.0 Å². The molecular weight excluding hydrogens is 444 g/mol. The predicted octanol–water partition coefficient (Wildman–Crippen LogP) is 5.81. The number of thioether (sulfide) groups is 1. The minimum absolute atomic E-state index is 0.172. The molecule has 6 nitrogen and oxygen atoms in total. The monoisotopic (exact) mass is 470 g/mol. The number of rotatable bonds is 9. The number of fused-ring (bicyclic) bond motifs is 1. The fraction of sp³-hybridized carbons (Fsp3) is 0.333. The van der Waals surface area contributed by atoms with Gasteiger partial charge >= 0.3 is 0 Å². The van der Waals surface area contributed by atoms with Gasteiger partial charge in [0.05, 0.1) is 12.3 Å². The molecule has 32 heavy (non-hydrogen) atoms. The zero-order valence-corrected chi connectivity index (χ0v) is 20.0. The number of nitrogens with zero attached hydrogens (tertiary/aromatic N) is 1. The molecule has 0 spiro atoms. The number of anilines is 1. The van der Waals surface area contributed by atoms with Crippen LogP contribution < -0.4 is 14.8 Å². The second kappa shape index (κ2) is 10.4. The van der Waals surface area contributed by atoms with E-state index in [1.165, 1.54) is 4.88 Å². The number of nitrogens with one attached hydrogen (secondary N) is 1. The molecule has 168 valence electrons. The first-order valence-corrected chi connectivity index (χ1v) is 12.5. The Hall–Kier alpha value is -2.55. The third-order valence-electron chi connectivity index (χ3n) is 4.99. The predicted molar refractivity (Wildman–Crippen MR) is 129 cm³/mol. The third kappa shape index (κ3) is 5.62. The average Bonchev–Trinajstić information content (AvgIpc) is 3.36. The Bertz CT molecular complexity index is 1060. The Morgan fingerprint density at radius 2 is 1.94 bits per heavy atom. The largest absolute Gasteiger partial charge is 0.488 e. The standard InChI is InChI=1S/C24H26N2O4S2/c1-15(14-28-2)29-18-11-16(23(27)26-24-25-21-5-4-6-22(21)32-24)12-19(13-18)30-17-7-9-20(31-3)10-8-17/h7-13,15H,4-6,14H2,1-3H3,(H,25,26,27). The van der Waals surface area contributed by atoms with E-state index in [0.29, 0.717) is 34.6 Å². The lowest BCUT2D eigenvalue weighted by Gasteiger charge is -2.16. The van der Waals surface area contributed by atoms with Crippen LogP contribution in [0.5, 0.6) is 17.2 Å². The Kier molecular flexibility index (Phi) is 7.34. The summed E-state index contributed by atoms with van der Waals surface area (Å²) in [4.78, 5) is 20.0. The fourth-order valence-corrected chi connectivity index (χ4v) is 4.98. The van der Waals surface area contributed by atoms with Crippen molar-refractivity contribution < 1.29 is 19.0 Å². The van der Waals surface area contributed by atoms with E-state index >= 15 is 0 Å². The molecule has 1 aliphatic rings. The first-order chi connectivity index (χ1) is 15.5. The summed E-state index contributed by atoms with van der Waals surface area (Å²) in [5.74, 6) is 1.51. The van der Waals surface area contributed by atoms with Crippen LogP contribution in [-0.2, 0) is 17.6 Å². The Balaban J connectivity index is 1.56. The SMILES string of the molecule is COCC(C)Oc1cc(Oc2ccc(SC)cc2)cc(C(=O)Nc2nc3c(s2)CCC3)c1. The summed E-state index contributed by atoms with van der Waals surface area (Å²) in [5, 5.41) is 3.56. The van der Waals surface area contributed by atoms with E-state index in [2.05, 4.69) is 10.3 Å². The molecule has 0 radical (unpaired) electrons. The second-order valence-electron chi connectivity index (χ2n) is 7.55. The van der Waals surface area contributed by atoms with E-state index in [4.69, 9.17) is 14.2 Å². The second-order valence-corrected chi connectivity index (χ2v) is 9.51. The van der Waals surface area contributed by atoms with Crippen LogP contribution >= 0.6 is 23.1 Å². The van der Waals surface area contributed by atoms with E-state index in [-0.39, 0.29) is 12.0 Å². The van der Waals surface area contributed by atoms with Crippen molar-refractivity contribution in [2.75, 3.05) is 25.3 Å². The van der Waals surface area contributed by atoms with Gasteiger partial charge in [-0.3, -0.25) is 10.1 Å². The van der Waals surface area contributed by atoms with Crippen molar-refractivity contribution >= 4 is 34.1 Å². The van der Waals surface area contributed by atoms with Crippen molar-refractivity contribution in [3.63, 3.8) is 0 Å². The van der Waals surface area contributed by atoms with Crippen LogP contribution in [0.4, 0.5) is 5.13 Å². The summed E-state index contributed by atoms with van der Waals surface area (Å²) < 4.78 is 17.2. The number of ether oxygens (including phenoxy) is 3. The van der Waals surface area contributed by atoms with Gasteiger partial charge in [0.15, 0.2) is 5.13 Å². The van der Waals surface area contributed by atoms with Gasteiger partial charge in [-0.25, -0.2) is 4.98 Å². The van der Waals surface area contributed by atoms with Crippen molar-refractivity contribution in [2.24, 2.45) is 0 Å². The van der Waals surface area contributed by atoms with Gasteiger partial charge in [-0.15, -0.1) is 23.1 Å². The topological polar surface area (TPSA) is 69.7 Å². The minimum atomic E-state index is -0.246. The first kappa shape index (κ1) is 22.6. The van der Waals surface area contributed by atoms with E-state index in [0.717, 1.165) is 29.9 Å². The highest BCUT2D eigenvalue weighted by atomic mass is 32.2. The van der Waals surface area contributed by atoms with Crippen molar-refractivity contribution in [3.05, 3.63) is 58.6 Å². The average molecular weight is 471 g/mol. The molecular formula is C24H26N2O4S2. The van der Waals surface area contributed by atoms with Crippen LogP contribution in [0.25, 0.3) is 0 Å². The summed E-state index contributed by atoms with van der Waals surface area (Å²) in [6.45, 7) is 2.35. The lowest BCUT2D eigenvalue weighted by molar-refractivity contribution is 0.0916. The highest BCUT2D eigenvalue weighted by Gasteiger charge is 2.19. The molecule has 1 atom stereocenters. The molecule has 1 amide bonds. The zero-order valence-electron chi connectivity index (χ0n) is 18.3. The van der Waals surface area contributed by atoms with Gasteiger partial charge in [-0.05, 0) is 68.8 Å². The van der Waals surface area contributed by atoms with Gasteiger partial charge in [0.25, 0.3) is 5.91 Å². The molecule has 1 unspecified atom stereocenters. The van der Waals surface area contributed by atoms with Gasteiger partial charge in [0.1, 0.15) is 23.4 Å². The van der Waals surface area contributed by atoms with Crippen LogP contribution in [0.3, 0.4) is 0 Å². The minimum Gasteiger partial charge on any atom is -0.488 e. The quantitative estimate of drug-likeness (QED) is 0.398. The lowest BCUT2D eigenvalue weighted by Crippen LogP contribution is -2.18. The Morgan fingerprint density at radius 1 is 1.16 bits per heavy atom. The van der Waals surface area contributed by atoms with Gasteiger partial charge in [0.2, 0.25) is 0 Å². The number of hydrogen-bond donors (Lipinski definition) is 1. The number of amides is 1. The molecule has 1 N–H and O–H groups in total. The van der Waals surface area contributed by atoms with Gasteiger partial charge in [0, 0.05) is 28.5 Å². The third-order valence-corrected chi connectivity index (χ3v) is 6.81. The van der Waals surface area contributed by atoms with E-state index in [9.17, 15) is 4.79 Å².